The summed E-state index contributed by atoms with van der Waals surface area (Å²) in [4.78, 5) is 11.7. The van der Waals surface area contributed by atoms with E-state index in [1.807, 2.05) is 6.07 Å². The molecule has 0 aromatic heterocycles. The highest BCUT2D eigenvalue weighted by Gasteiger charge is 2.23. The molecule has 0 radical (unpaired) electrons. The summed E-state index contributed by atoms with van der Waals surface area (Å²) in [5.41, 5.74) is 1.34. The maximum atomic E-state index is 11.7. The maximum absolute atomic E-state index is 11.7. The molecule has 0 fully saturated rings. The molecule has 3 nitrogen and oxygen atoms in total. The molecule has 3 heteroatoms. The van der Waals surface area contributed by atoms with Gasteiger partial charge >= 0.3 is 5.97 Å². The number of hydrogen-bond donors (Lipinski definition) is 1. The first-order valence-corrected chi connectivity index (χ1v) is 7.04. The van der Waals surface area contributed by atoms with Crippen LogP contribution in [0.1, 0.15) is 32.3 Å². The zero-order valence-corrected chi connectivity index (χ0v) is 12.2. The molecule has 1 N–H and O–H groups in total. The van der Waals surface area contributed by atoms with E-state index in [1.165, 1.54) is 12.7 Å². The fourth-order valence-corrected chi connectivity index (χ4v) is 2.07. The van der Waals surface area contributed by atoms with Crippen LogP contribution >= 0.6 is 0 Å². The third-order valence-electron chi connectivity index (χ3n) is 3.52. The number of nitrogens with one attached hydrogen (secondary N) is 1. The van der Waals surface area contributed by atoms with Gasteiger partial charge in [0.2, 0.25) is 0 Å². The lowest BCUT2D eigenvalue weighted by Crippen LogP contribution is -2.43. The normalized spacial score (nSPS) is 13.8. The van der Waals surface area contributed by atoms with Crippen LogP contribution in [0.2, 0.25) is 0 Å². The van der Waals surface area contributed by atoms with Crippen molar-refractivity contribution in [3.05, 3.63) is 35.9 Å². The van der Waals surface area contributed by atoms with Gasteiger partial charge in [-0.05, 0) is 30.9 Å². The van der Waals surface area contributed by atoms with Crippen molar-refractivity contribution >= 4 is 5.97 Å². The fourth-order valence-electron chi connectivity index (χ4n) is 2.07. The molecule has 0 amide bonds. The van der Waals surface area contributed by atoms with Gasteiger partial charge in [0.05, 0.1) is 7.11 Å². The third kappa shape index (κ3) is 5.43. The van der Waals surface area contributed by atoms with Crippen molar-refractivity contribution < 1.29 is 9.53 Å². The molecule has 1 rings (SSSR count). The Kier molecular flexibility index (Phi) is 7.19. The number of ether oxygens (including phenoxy) is 1. The summed E-state index contributed by atoms with van der Waals surface area (Å²) < 4.78 is 4.85. The second kappa shape index (κ2) is 8.70. The summed E-state index contributed by atoms with van der Waals surface area (Å²) >= 11 is 0. The van der Waals surface area contributed by atoms with Gasteiger partial charge in [0.15, 0.2) is 0 Å². The molecule has 0 aliphatic carbocycles. The number of methoxy groups -OCH3 is 1. The second-order valence-electron chi connectivity index (χ2n) is 4.93. The van der Waals surface area contributed by atoms with Gasteiger partial charge in [-0.15, -0.1) is 0 Å². The lowest BCUT2D eigenvalue weighted by Gasteiger charge is -2.21. The van der Waals surface area contributed by atoms with Crippen LogP contribution in [0.15, 0.2) is 30.3 Å². The van der Waals surface area contributed by atoms with Gasteiger partial charge in [0, 0.05) is 0 Å². The van der Waals surface area contributed by atoms with E-state index in [-0.39, 0.29) is 12.0 Å². The van der Waals surface area contributed by atoms with Gasteiger partial charge in [-0.1, -0.05) is 50.6 Å². The highest BCUT2D eigenvalue weighted by atomic mass is 16.5. The van der Waals surface area contributed by atoms with Crippen molar-refractivity contribution in [3.8, 4) is 0 Å². The van der Waals surface area contributed by atoms with Gasteiger partial charge in [0.25, 0.3) is 0 Å². The molecule has 0 aliphatic rings. The summed E-state index contributed by atoms with van der Waals surface area (Å²) in [6.45, 7) is 5.00. The molecule has 2 unspecified atom stereocenters. The standard InChI is InChI=1S/C16H25NO2/c1-4-13(2)15(16(18)19-3)17-12-8-11-14-9-6-5-7-10-14/h5-7,9-10,13,15,17H,4,8,11-12H2,1-3H3. The van der Waals surface area contributed by atoms with E-state index in [0.29, 0.717) is 5.92 Å². The van der Waals surface area contributed by atoms with Crippen LogP contribution in [-0.4, -0.2) is 25.7 Å². The van der Waals surface area contributed by atoms with Gasteiger partial charge < -0.3 is 10.1 Å². The van der Waals surface area contributed by atoms with Crippen LogP contribution in [0.3, 0.4) is 0 Å². The van der Waals surface area contributed by atoms with Crippen LogP contribution < -0.4 is 5.32 Å². The summed E-state index contributed by atoms with van der Waals surface area (Å²) in [6, 6.07) is 10.2. The molecule has 0 bridgehead atoms. The Labute approximate surface area is 116 Å². The summed E-state index contributed by atoms with van der Waals surface area (Å²) in [5.74, 6) is 0.137. The zero-order chi connectivity index (χ0) is 14.1. The Hall–Kier alpha value is -1.35. The van der Waals surface area contributed by atoms with Crippen molar-refractivity contribution in [3.63, 3.8) is 0 Å². The number of aryl methyl sites for hydroxylation is 1. The minimum atomic E-state index is -0.189. The first-order valence-electron chi connectivity index (χ1n) is 7.04. The molecule has 0 spiro atoms. The molecule has 1 aromatic carbocycles. The van der Waals surface area contributed by atoms with E-state index < -0.39 is 0 Å². The molecule has 0 heterocycles. The summed E-state index contributed by atoms with van der Waals surface area (Å²) in [6.07, 6.45) is 3.02. The first kappa shape index (κ1) is 15.7. The quantitative estimate of drug-likeness (QED) is 0.579. The smallest absolute Gasteiger partial charge is 0.323 e. The van der Waals surface area contributed by atoms with E-state index in [0.717, 1.165) is 25.8 Å². The Morgan fingerprint density at radius 1 is 1.32 bits per heavy atom. The SMILES string of the molecule is CCC(C)C(NCCCc1ccccc1)C(=O)OC. The lowest BCUT2D eigenvalue weighted by atomic mass is 9.99. The number of rotatable bonds is 8. The van der Waals surface area contributed by atoms with Crippen LogP contribution in [-0.2, 0) is 16.0 Å². The predicted molar refractivity (Wildman–Crippen MR) is 78.0 cm³/mol. The van der Waals surface area contributed by atoms with E-state index in [9.17, 15) is 4.79 Å². The van der Waals surface area contributed by atoms with E-state index in [1.54, 1.807) is 0 Å². The van der Waals surface area contributed by atoms with Crippen molar-refractivity contribution in [2.24, 2.45) is 5.92 Å². The van der Waals surface area contributed by atoms with E-state index in [4.69, 9.17) is 4.74 Å². The largest absolute Gasteiger partial charge is 0.468 e. The Bertz CT molecular complexity index is 364. The maximum Gasteiger partial charge on any atom is 0.323 e. The van der Waals surface area contributed by atoms with Crippen molar-refractivity contribution in [1.29, 1.82) is 0 Å². The fraction of sp³-hybridized carbons (Fsp3) is 0.562. The second-order valence-corrected chi connectivity index (χ2v) is 4.93. The minimum absolute atomic E-state index is 0.158. The number of carbonyl (C=O) groups excluding carboxylic acids is 1. The number of carbonyl (C=O) groups is 1. The predicted octanol–water partition coefficient (Wildman–Crippen LogP) is 2.80. The van der Waals surface area contributed by atoms with E-state index >= 15 is 0 Å². The minimum Gasteiger partial charge on any atom is -0.468 e. The highest BCUT2D eigenvalue weighted by molar-refractivity contribution is 5.75. The summed E-state index contributed by atoms with van der Waals surface area (Å²) in [5, 5.41) is 3.32. The summed E-state index contributed by atoms with van der Waals surface area (Å²) in [7, 11) is 1.45. The lowest BCUT2D eigenvalue weighted by molar-refractivity contribution is -0.144. The van der Waals surface area contributed by atoms with Gasteiger partial charge in [-0.3, -0.25) is 4.79 Å². The number of benzene rings is 1. The Morgan fingerprint density at radius 2 is 2.00 bits per heavy atom. The molecule has 19 heavy (non-hydrogen) atoms. The number of hydrogen-bond acceptors (Lipinski definition) is 3. The van der Waals surface area contributed by atoms with Crippen LogP contribution in [0.5, 0.6) is 0 Å². The molecule has 0 aliphatic heterocycles. The van der Waals surface area contributed by atoms with Crippen LogP contribution in [0.25, 0.3) is 0 Å². The number of esters is 1. The topological polar surface area (TPSA) is 38.3 Å². The van der Waals surface area contributed by atoms with Crippen molar-refractivity contribution in [2.75, 3.05) is 13.7 Å². The Balaban J connectivity index is 2.34. The zero-order valence-electron chi connectivity index (χ0n) is 12.2. The highest BCUT2D eigenvalue weighted by Crippen LogP contribution is 2.09. The molecular weight excluding hydrogens is 238 g/mol. The average Bonchev–Trinajstić information content (AvgIpc) is 2.47. The van der Waals surface area contributed by atoms with Crippen molar-refractivity contribution in [2.45, 2.75) is 39.2 Å². The van der Waals surface area contributed by atoms with Crippen LogP contribution in [0, 0.1) is 5.92 Å². The molecule has 0 saturated heterocycles. The van der Waals surface area contributed by atoms with Gasteiger partial charge in [-0.2, -0.15) is 0 Å². The molecule has 0 saturated carbocycles. The first-order chi connectivity index (χ1) is 9.19. The Morgan fingerprint density at radius 3 is 2.58 bits per heavy atom. The molecule has 106 valence electrons. The van der Waals surface area contributed by atoms with E-state index in [2.05, 4.69) is 43.4 Å². The molecule has 2 atom stereocenters. The average molecular weight is 263 g/mol. The third-order valence-corrected chi connectivity index (χ3v) is 3.52. The van der Waals surface area contributed by atoms with Crippen molar-refractivity contribution in [1.82, 2.24) is 5.32 Å². The van der Waals surface area contributed by atoms with Crippen LogP contribution in [0.4, 0.5) is 0 Å². The molecular formula is C16H25NO2. The monoisotopic (exact) mass is 263 g/mol. The molecule has 1 aromatic rings. The van der Waals surface area contributed by atoms with Gasteiger partial charge in [0.1, 0.15) is 6.04 Å². The van der Waals surface area contributed by atoms with Gasteiger partial charge in [-0.25, -0.2) is 0 Å².